The number of aryl methyl sites for hydroxylation is 1. The van der Waals surface area contributed by atoms with Crippen LogP contribution in [0, 0.1) is 6.92 Å². The number of nitrogens with zero attached hydrogens (tertiary/aromatic N) is 3. The molecule has 4 aromatic carbocycles. The van der Waals surface area contributed by atoms with E-state index in [-0.39, 0.29) is 0 Å². The summed E-state index contributed by atoms with van der Waals surface area (Å²) in [6.07, 6.45) is 2.20. The van der Waals surface area contributed by atoms with E-state index in [9.17, 15) is 0 Å². The molecule has 144 valence electrons. The minimum atomic E-state index is 0.920. The average molecular weight is 452 g/mol. The van der Waals surface area contributed by atoms with Crippen molar-refractivity contribution in [2.75, 3.05) is 0 Å². The van der Waals surface area contributed by atoms with Crippen molar-refractivity contribution in [1.82, 2.24) is 14.0 Å². The van der Waals surface area contributed by atoms with Crippen molar-refractivity contribution in [1.29, 1.82) is 0 Å². The first kappa shape index (κ1) is 17.5. The van der Waals surface area contributed by atoms with Gasteiger partial charge in [-0.2, -0.15) is 0 Å². The van der Waals surface area contributed by atoms with E-state index in [2.05, 4.69) is 123 Å². The molecule has 0 bridgehead atoms. The molecule has 0 aliphatic carbocycles. The van der Waals surface area contributed by atoms with Crippen LogP contribution >= 0.6 is 15.9 Å². The van der Waals surface area contributed by atoms with E-state index in [0.717, 1.165) is 38.2 Å². The SMILES string of the molecule is Cc1ccc(-n2c(-c3ccc(Br)cc3)cn3c4ccc5ccccc5c4nc23)cc1. The summed E-state index contributed by atoms with van der Waals surface area (Å²) in [7, 11) is 0. The zero-order valence-corrected chi connectivity index (χ0v) is 18.0. The number of halogens is 1. The molecule has 0 saturated carbocycles. The fourth-order valence-electron chi connectivity index (χ4n) is 4.16. The van der Waals surface area contributed by atoms with Gasteiger partial charge in [-0.25, -0.2) is 4.98 Å². The van der Waals surface area contributed by atoms with Crippen LogP contribution in [-0.4, -0.2) is 14.0 Å². The highest BCUT2D eigenvalue weighted by atomic mass is 79.9. The average Bonchev–Trinajstić information content (AvgIpc) is 3.31. The molecule has 0 N–H and O–H groups in total. The Labute approximate surface area is 182 Å². The summed E-state index contributed by atoms with van der Waals surface area (Å²) >= 11 is 3.55. The van der Waals surface area contributed by atoms with Gasteiger partial charge in [0, 0.05) is 27.3 Å². The second-order valence-corrected chi connectivity index (χ2v) is 8.54. The van der Waals surface area contributed by atoms with E-state index < -0.39 is 0 Å². The predicted molar refractivity (Wildman–Crippen MR) is 127 cm³/mol. The third-order valence-corrected chi connectivity index (χ3v) is 6.22. The maximum atomic E-state index is 5.12. The first-order valence-electron chi connectivity index (χ1n) is 9.93. The highest BCUT2D eigenvalue weighted by Gasteiger charge is 2.18. The van der Waals surface area contributed by atoms with Crippen LogP contribution in [0.5, 0.6) is 0 Å². The minimum Gasteiger partial charge on any atom is -0.283 e. The lowest BCUT2D eigenvalue weighted by atomic mass is 10.1. The maximum absolute atomic E-state index is 5.12. The molecule has 0 radical (unpaired) electrons. The van der Waals surface area contributed by atoms with E-state index >= 15 is 0 Å². The lowest BCUT2D eigenvalue weighted by Crippen LogP contribution is -1.98. The second-order valence-electron chi connectivity index (χ2n) is 7.63. The number of fused-ring (bicyclic) bond motifs is 5. The van der Waals surface area contributed by atoms with Crippen LogP contribution in [0.3, 0.4) is 0 Å². The number of hydrogen-bond acceptors (Lipinski definition) is 1. The van der Waals surface area contributed by atoms with Crippen molar-refractivity contribution < 1.29 is 0 Å². The van der Waals surface area contributed by atoms with Crippen LogP contribution in [0.4, 0.5) is 0 Å². The van der Waals surface area contributed by atoms with Crippen molar-refractivity contribution in [3.8, 4) is 16.9 Å². The topological polar surface area (TPSA) is 22.2 Å². The lowest BCUT2D eigenvalue weighted by Gasteiger charge is -2.09. The monoisotopic (exact) mass is 451 g/mol. The molecular weight excluding hydrogens is 434 g/mol. The van der Waals surface area contributed by atoms with E-state index in [1.54, 1.807) is 0 Å². The smallest absolute Gasteiger partial charge is 0.220 e. The van der Waals surface area contributed by atoms with Crippen molar-refractivity contribution in [2.24, 2.45) is 0 Å². The van der Waals surface area contributed by atoms with Gasteiger partial charge in [0.05, 0.1) is 16.7 Å². The molecule has 3 nitrogen and oxygen atoms in total. The van der Waals surface area contributed by atoms with Gasteiger partial charge in [0.1, 0.15) is 0 Å². The van der Waals surface area contributed by atoms with Crippen LogP contribution in [0.25, 0.3) is 44.5 Å². The maximum Gasteiger partial charge on any atom is 0.220 e. The predicted octanol–water partition coefficient (Wildman–Crippen LogP) is 7.17. The van der Waals surface area contributed by atoms with Gasteiger partial charge in [0.2, 0.25) is 5.78 Å². The molecule has 4 heteroatoms. The largest absolute Gasteiger partial charge is 0.283 e. The molecule has 0 unspecified atom stereocenters. The van der Waals surface area contributed by atoms with Crippen LogP contribution in [0.1, 0.15) is 5.56 Å². The molecule has 6 aromatic rings. The third kappa shape index (κ3) is 2.61. The number of benzene rings is 4. The Morgan fingerprint density at radius 3 is 2.37 bits per heavy atom. The van der Waals surface area contributed by atoms with Gasteiger partial charge in [-0.3, -0.25) is 8.97 Å². The summed E-state index contributed by atoms with van der Waals surface area (Å²) in [6, 6.07) is 29.8. The number of hydrogen-bond donors (Lipinski definition) is 0. The van der Waals surface area contributed by atoms with Gasteiger partial charge in [0.25, 0.3) is 0 Å². The van der Waals surface area contributed by atoms with Gasteiger partial charge in [-0.1, -0.05) is 76.1 Å². The molecule has 0 aliphatic heterocycles. The van der Waals surface area contributed by atoms with E-state index in [1.807, 2.05) is 0 Å². The molecular formula is C26H18BrN3. The van der Waals surface area contributed by atoms with Crippen LogP contribution in [0.2, 0.25) is 0 Å². The fraction of sp³-hybridized carbons (Fsp3) is 0.0385. The summed E-state index contributed by atoms with van der Waals surface area (Å²) in [5.74, 6) is 0.920. The molecule has 30 heavy (non-hydrogen) atoms. The zero-order chi connectivity index (χ0) is 20.2. The van der Waals surface area contributed by atoms with Gasteiger partial charge in [-0.15, -0.1) is 0 Å². The highest BCUT2D eigenvalue weighted by Crippen LogP contribution is 2.33. The summed E-state index contributed by atoms with van der Waals surface area (Å²) in [6.45, 7) is 2.11. The Kier molecular flexibility index (Phi) is 3.83. The molecule has 0 aliphatic rings. The van der Waals surface area contributed by atoms with Crippen molar-refractivity contribution >= 4 is 43.5 Å². The Balaban J connectivity index is 1.73. The normalized spacial score (nSPS) is 11.7. The van der Waals surface area contributed by atoms with Crippen molar-refractivity contribution in [3.63, 3.8) is 0 Å². The molecule has 0 saturated heterocycles. The van der Waals surface area contributed by atoms with Gasteiger partial charge >= 0.3 is 0 Å². The quantitative estimate of drug-likeness (QED) is 0.273. The molecule has 0 amide bonds. The highest BCUT2D eigenvalue weighted by molar-refractivity contribution is 9.10. The van der Waals surface area contributed by atoms with Crippen molar-refractivity contribution in [3.05, 3.63) is 101 Å². The molecule has 0 atom stereocenters. The van der Waals surface area contributed by atoms with E-state index in [1.165, 1.54) is 16.3 Å². The number of aromatic nitrogens is 3. The minimum absolute atomic E-state index is 0.920. The molecule has 0 spiro atoms. The Bertz CT molecular complexity index is 1540. The van der Waals surface area contributed by atoms with Gasteiger partial charge < -0.3 is 0 Å². The Morgan fingerprint density at radius 2 is 1.57 bits per heavy atom. The zero-order valence-electron chi connectivity index (χ0n) is 16.4. The number of rotatable bonds is 2. The fourth-order valence-corrected chi connectivity index (χ4v) is 4.43. The first-order valence-corrected chi connectivity index (χ1v) is 10.7. The molecule has 2 heterocycles. The summed E-state index contributed by atoms with van der Waals surface area (Å²) < 4.78 is 5.53. The third-order valence-electron chi connectivity index (χ3n) is 5.69. The number of imidazole rings is 2. The van der Waals surface area contributed by atoms with Crippen LogP contribution in [-0.2, 0) is 0 Å². The van der Waals surface area contributed by atoms with Crippen LogP contribution < -0.4 is 0 Å². The lowest BCUT2D eigenvalue weighted by molar-refractivity contribution is 1.08. The second kappa shape index (κ2) is 6.57. The molecule has 2 aromatic heterocycles. The van der Waals surface area contributed by atoms with Crippen molar-refractivity contribution in [2.45, 2.75) is 6.92 Å². The molecule has 0 fully saturated rings. The van der Waals surface area contributed by atoms with Crippen LogP contribution in [0.15, 0.2) is 95.6 Å². The first-order chi connectivity index (χ1) is 14.7. The summed E-state index contributed by atoms with van der Waals surface area (Å²) in [4.78, 5) is 5.12. The summed E-state index contributed by atoms with van der Waals surface area (Å²) in [5, 5.41) is 2.39. The summed E-state index contributed by atoms with van der Waals surface area (Å²) in [5.41, 5.74) is 6.76. The van der Waals surface area contributed by atoms with Gasteiger partial charge in [-0.05, 0) is 42.6 Å². The molecule has 6 rings (SSSR count). The van der Waals surface area contributed by atoms with E-state index in [0.29, 0.717) is 0 Å². The Hall–Kier alpha value is -3.37. The Morgan fingerprint density at radius 1 is 0.800 bits per heavy atom. The standard InChI is InChI=1S/C26H18BrN3/c1-17-6-13-21(14-7-17)30-24(19-8-11-20(27)12-9-19)16-29-23-15-10-18-4-2-3-5-22(18)25(23)28-26(29)30/h2-16H,1H3. The van der Waals surface area contributed by atoms with Gasteiger partial charge in [0.15, 0.2) is 0 Å². The van der Waals surface area contributed by atoms with E-state index in [4.69, 9.17) is 4.98 Å².